The van der Waals surface area contributed by atoms with Crippen molar-refractivity contribution in [1.29, 1.82) is 0 Å². The van der Waals surface area contributed by atoms with E-state index >= 15 is 0 Å². The third-order valence-electron chi connectivity index (χ3n) is 5.62. The Morgan fingerprint density at radius 2 is 1.67 bits per heavy atom. The number of rotatable bonds is 7. The Morgan fingerprint density at radius 3 is 2.33 bits per heavy atom. The van der Waals surface area contributed by atoms with Crippen LogP contribution >= 0.6 is 0 Å². The molecule has 1 aromatic heterocycles. The molecule has 5 heteroatoms. The van der Waals surface area contributed by atoms with Crippen molar-refractivity contribution in [2.45, 2.75) is 27.4 Å². The van der Waals surface area contributed by atoms with Gasteiger partial charge in [0.2, 0.25) is 0 Å². The quantitative estimate of drug-likeness (QED) is 0.232. The highest BCUT2D eigenvalue weighted by atomic mass is 19.1. The fourth-order valence-electron chi connectivity index (χ4n) is 3.92. The van der Waals surface area contributed by atoms with Crippen LogP contribution in [0.3, 0.4) is 0 Å². The maximum Gasteiger partial charge on any atom is 0.142 e. The summed E-state index contributed by atoms with van der Waals surface area (Å²) < 4.78 is 21.0. The molecule has 168 valence electrons. The summed E-state index contributed by atoms with van der Waals surface area (Å²) in [6.45, 7) is 6.44. The number of ether oxygens (including phenoxy) is 1. The zero-order chi connectivity index (χ0) is 23.4. The SMILES string of the molecule is COc1ccc(-n2c(-c3ccc(F)cc3)cc(/C(C)=N\OCc3cccc(C)c3)c2C)cc1. The predicted octanol–water partition coefficient (Wildman–Crippen LogP) is 6.85. The summed E-state index contributed by atoms with van der Waals surface area (Å²) in [5, 5.41) is 4.39. The van der Waals surface area contributed by atoms with Crippen molar-refractivity contribution < 1.29 is 14.0 Å². The molecule has 0 aliphatic carbocycles. The lowest BCUT2D eigenvalue weighted by atomic mass is 10.1. The zero-order valence-corrected chi connectivity index (χ0v) is 19.3. The van der Waals surface area contributed by atoms with E-state index in [2.05, 4.69) is 34.8 Å². The van der Waals surface area contributed by atoms with E-state index in [0.29, 0.717) is 6.61 Å². The summed E-state index contributed by atoms with van der Waals surface area (Å²) in [4.78, 5) is 5.67. The molecule has 0 aliphatic heterocycles. The van der Waals surface area contributed by atoms with E-state index in [-0.39, 0.29) is 5.82 Å². The molecule has 1 heterocycles. The van der Waals surface area contributed by atoms with Crippen molar-refractivity contribution in [2.75, 3.05) is 7.11 Å². The number of nitrogens with zero attached hydrogens (tertiary/aromatic N) is 2. The molecule has 0 amide bonds. The second-order valence-corrected chi connectivity index (χ2v) is 8.01. The zero-order valence-electron chi connectivity index (χ0n) is 19.3. The van der Waals surface area contributed by atoms with Gasteiger partial charge in [0.1, 0.15) is 18.2 Å². The van der Waals surface area contributed by atoms with E-state index in [1.165, 1.54) is 17.7 Å². The first-order valence-electron chi connectivity index (χ1n) is 10.8. The van der Waals surface area contributed by atoms with E-state index in [9.17, 15) is 4.39 Å². The maximum absolute atomic E-state index is 13.6. The van der Waals surface area contributed by atoms with Crippen molar-refractivity contribution >= 4 is 5.71 Å². The second-order valence-electron chi connectivity index (χ2n) is 8.01. The Labute approximate surface area is 193 Å². The summed E-state index contributed by atoms with van der Waals surface area (Å²) in [7, 11) is 1.65. The number of halogens is 1. The van der Waals surface area contributed by atoms with Crippen LogP contribution in [0.15, 0.2) is 84.0 Å². The number of hydrogen-bond acceptors (Lipinski definition) is 3. The summed E-state index contributed by atoms with van der Waals surface area (Å²) in [6.07, 6.45) is 0. The molecule has 0 spiro atoms. The van der Waals surface area contributed by atoms with E-state index in [0.717, 1.165) is 45.2 Å². The number of aromatic nitrogens is 1. The van der Waals surface area contributed by atoms with E-state index in [1.54, 1.807) is 19.2 Å². The van der Waals surface area contributed by atoms with Crippen LogP contribution in [0.2, 0.25) is 0 Å². The van der Waals surface area contributed by atoms with E-state index < -0.39 is 0 Å². The summed E-state index contributed by atoms with van der Waals surface area (Å²) in [5.74, 6) is 0.523. The number of hydrogen-bond donors (Lipinski definition) is 0. The number of aryl methyl sites for hydroxylation is 1. The molecule has 3 aromatic carbocycles. The van der Waals surface area contributed by atoms with Gasteiger partial charge in [0.25, 0.3) is 0 Å². The van der Waals surface area contributed by atoms with Crippen molar-refractivity contribution in [3.05, 3.63) is 107 Å². The Morgan fingerprint density at radius 1 is 0.939 bits per heavy atom. The second kappa shape index (κ2) is 9.74. The predicted molar refractivity (Wildman–Crippen MR) is 131 cm³/mol. The highest BCUT2D eigenvalue weighted by molar-refractivity contribution is 6.01. The van der Waals surface area contributed by atoms with Gasteiger partial charge in [-0.25, -0.2) is 4.39 Å². The third-order valence-corrected chi connectivity index (χ3v) is 5.62. The average molecular weight is 443 g/mol. The normalized spacial score (nSPS) is 11.5. The first kappa shape index (κ1) is 22.3. The molecule has 0 fully saturated rings. The van der Waals surface area contributed by atoms with Gasteiger partial charge in [-0.3, -0.25) is 0 Å². The van der Waals surface area contributed by atoms with Crippen LogP contribution < -0.4 is 4.74 Å². The monoisotopic (exact) mass is 442 g/mol. The van der Waals surface area contributed by atoms with Gasteiger partial charge in [0.05, 0.1) is 18.5 Å². The van der Waals surface area contributed by atoms with Crippen molar-refractivity contribution in [3.63, 3.8) is 0 Å². The fourth-order valence-corrected chi connectivity index (χ4v) is 3.92. The van der Waals surface area contributed by atoms with Crippen LogP contribution in [0.4, 0.5) is 4.39 Å². The van der Waals surface area contributed by atoms with Gasteiger partial charge in [-0.05, 0) is 86.5 Å². The Hall–Kier alpha value is -3.86. The van der Waals surface area contributed by atoms with Gasteiger partial charge in [0, 0.05) is 16.9 Å². The largest absolute Gasteiger partial charge is 0.497 e. The van der Waals surface area contributed by atoms with Crippen molar-refractivity contribution in [3.8, 4) is 22.7 Å². The maximum atomic E-state index is 13.6. The van der Waals surface area contributed by atoms with Crippen molar-refractivity contribution in [2.24, 2.45) is 5.16 Å². The lowest BCUT2D eigenvalue weighted by molar-refractivity contribution is 0.130. The van der Waals surface area contributed by atoms with Crippen LogP contribution in [0.5, 0.6) is 5.75 Å². The third kappa shape index (κ3) is 4.98. The molecule has 4 rings (SSSR count). The summed E-state index contributed by atoms with van der Waals surface area (Å²) >= 11 is 0. The number of benzene rings is 3. The molecule has 0 N–H and O–H groups in total. The molecule has 0 aliphatic rings. The molecular formula is C28H27FN2O2. The molecule has 4 nitrogen and oxygen atoms in total. The standard InChI is InChI=1S/C28H27FN2O2/c1-19-6-5-7-22(16-19)18-33-30-20(2)27-17-28(23-8-10-24(29)11-9-23)31(21(27)3)25-12-14-26(32-4)15-13-25/h5-17H,18H2,1-4H3/b30-20-. The minimum absolute atomic E-state index is 0.263. The van der Waals surface area contributed by atoms with Crippen LogP contribution in [0.25, 0.3) is 16.9 Å². The molecule has 0 atom stereocenters. The lowest BCUT2D eigenvalue weighted by Gasteiger charge is -2.13. The van der Waals surface area contributed by atoms with Gasteiger partial charge >= 0.3 is 0 Å². The Kier molecular flexibility index (Phi) is 6.59. The minimum Gasteiger partial charge on any atom is -0.497 e. The molecule has 33 heavy (non-hydrogen) atoms. The lowest BCUT2D eigenvalue weighted by Crippen LogP contribution is -2.02. The van der Waals surface area contributed by atoms with E-state index in [4.69, 9.17) is 9.57 Å². The van der Waals surface area contributed by atoms with Crippen LogP contribution in [0, 0.1) is 19.7 Å². The van der Waals surface area contributed by atoms with Crippen LogP contribution in [0.1, 0.15) is 29.3 Å². The van der Waals surface area contributed by atoms with Gasteiger partial charge in [-0.15, -0.1) is 0 Å². The smallest absolute Gasteiger partial charge is 0.142 e. The fraction of sp³-hybridized carbons (Fsp3) is 0.179. The number of methoxy groups -OCH3 is 1. The molecular weight excluding hydrogens is 415 g/mol. The van der Waals surface area contributed by atoms with Gasteiger partial charge < -0.3 is 14.1 Å². The topological polar surface area (TPSA) is 35.8 Å². The molecule has 0 bridgehead atoms. The summed E-state index contributed by atoms with van der Waals surface area (Å²) in [6, 6.07) is 24.6. The van der Waals surface area contributed by atoms with Gasteiger partial charge in [-0.1, -0.05) is 35.0 Å². The van der Waals surface area contributed by atoms with E-state index in [1.807, 2.05) is 50.2 Å². The Balaban J connectivity index is 1.71. The van der Waals surface area contributed by atoms with Gasteiger partial charge in [-0.2, -0.15) is 0 Å². The molecule has 0 saturated heterocycles. The first-order valence-corrected chi connectivity index (χ1v) is 10.8. The molecule has 4 aromatic rings. The van der Waals surface area contributed by atoms with Crippen LogP contribution in [-0.4, -0.2) is 17.4 Å². The molecule has 0 unspecified atom stereocenters. The Bertz CT molecular complexity index is 1270. The summed E-state index contributed by atoms with van der Waals surface area (Å²) in [5.41, 5.74) is 7.85. The highest BCUT2D eigenvalue weighted by Gasteiger charge is 2.17. The molecule has 0 radical (unpaired) electrons. The number of oxime groups is 1. The first-order chi connectivity index (χ1) is 16.0. The van der Waals surface area contributed by atoms with Crippen molar-refractivity contribution in [1.82, 2.24) is 4.57 Å². The molecule has 0 saturated carbocycles. The van der Waals surface area contributed by atoms with Crippen LogP contribution in [-0.2, 0) is 11.4 Å². The minimum atomic E-state index is -0.263. The highest BCUT2D eigenvalue weighted by Crippen LogP contribution is 2.31. The van der Waals surface area contributed by atoms with Gasteiger partial charge in [0.15, 0.2) is 0 Å². The average Bonchev–Trinajstić information content (AvgIpc) is 3.16.